The SMILES string of the molecule is CC1CC1CNC(=O)NC1CCC(C(=O)O)C(C)(C)C1C. The summed E-state index contributed by atoms with van der Waals surface area (Å²) >= 11 is 0. The standard InChI is InChI=1S/C16H28N2O3/c1-9-7-11(9)8-17-15(21)18-13-6-5-12(14(19)20)16(3,4)10(13)2/h9-13H,5-8H2,1-4H3,(H,19,20)(H2,17,18,21). The Bertz CT molecular complexity index is 422. The molecule has 3 N–H and O–H groups in total. The predicted octanol–water partition coefficient (Wildman–Crippen LogP) is 2.47. The highest BCUT2D eigenvalue weighted by molar-refractivity contribution is 5.74. The molecule has 5 unspecified atom stereocenters. The van der Waals surface area contributed by atoms with Gasteiger partial charge in [-0.25, -0.2) is 4.79 Å². The van der Waals surface area contributed by atoms with Crippen LogP contribution < -0.4 is 10.6 Å². The van der Waals surface area contributed by atoms with Gasteiger partial charge in [0.05, 0.1) is 5.92 Å². The molecule has 0 aliphatic heterocycles. The van der Waals surface area contributed by atoms with Gasteiger partial charge < -0.3 is 15.7 Å². The third kappa shape index (κ3) is 3.50. The maximum atomic E-state index is 12.0. The van der Waals surface area contributed by atoms with Gasteiger partial charge in [0.25, 0.3) is 0 Å². The first-order chi connectivity index (χ1) is 9.73. The Hall–Kier alpha value is -1.26. The van der Waals surface area contributed by atoms with E-state index in [-0.39, 0.29) is 29.3 Å². The summed E-state index contributed by atoms with van der Waals surface area (Å²) in [6, 6.07) is -0.0669. The van der Waals surface area contributed by atoms with E-state index < -0.39 is 5.97 Å². The summed E-state index contributed by atoms with van der Waals surface area (Å²) in [4.78, 5) is 23.3. The maximum Gasteiger partial charge on any atom is 0.315 e. The van der Waals surface area contributed by atoms with E-state index in [2.05, 4.69) is 17.6 Å². The van der Waals surface area contributed by atoms with Crippen LogP contribution in [0.1, 0.15) is 47.0 Å². The van der Waals surface area contributed by atoms with Crippen molar-refractivity contribution in [1.29, 1.82) is 0 Å². The Balaban J connectivity index is 1.86. The highest BCUT2D eigenvalue weighted by Crippen LogP contribution is 2.45. The number of aliphatic carboxylic acids is 1. The van der Waals surface area contributed by atoms with E-state index in [4.69, 9.17) is 0 Å². The molecule has 0 radical (unpaired) electrons. The number of nitrogens with one attached hydrogen (secondary N) is 2. The average Bonchev–Trinajstić information content (AvgIpc) is 3.08. The second-order valence-corrected chi connectivity index (χ2v) is 7.51. The maximum absolute atomic E-state index is 12.0. The van der Waals surface area contributed by atoms with Gasteiger partial charge >= 0.3 is 12.0 Å². The summed E-state index contributed by atoms with van der Waals surface area (Å²) in [6.07, 6.45) is 2.56. The first kappa shape index (κ1) is 16.1. The quantitative estimate of drug-likeness (QED) is 0.745. The van der Waals surface area contributed by atoms with E-state index in [9.17, 15) is 14.7 Å². The number of carbonyl (C=O) groups is 2. The van der Waals surface area contributed by atoms with Crippen molar-refractivity contribution in [2.75, 3.05) is 6.54 Å². The molecular weight excluding hydrogens is 268 g/mol. The van der Waals surface area contributed by atoms with Gasteiger partial charge in [-0.05, 0) is 42.4 Å². The Morgan fingerprint density at radius 1 is 1.24 bits per heavy atom. The minimum absolute atomic E-state index is 0.0484. The summed E-state index contributed by atoms with van der Waals surface area (Å²) in [5.74, 6) is 0.442. The van der Waals surface area contributed by atoms with Crippen LogP contribution in [0.15, 0.2) is 0 Å². The molecule has 0 saturated heterocycles. The van der Waals surface area contributed by atoms with Crippen LogP contribution in [0.2, 0.25) is 0 Å². The number of carboxylic acid groups (broad SMARTS) is 1. The Morgan fingerprint density at radius 3 is 2.38 bits per heavy atom. The molecule has 2 rings (SSSR count). The molecule has 2 amide bonds. The highest BCUT2D eigenvalue weighted by atomic mass is 16.4. The lowest BCUT2D eigenvalue weighted by Gasteiger charge is -2.46. The van der Waals surface area contributed by atoms with Gasteiger partial charge in [0.1, 0.15) is 0 Å². The zero-order valence-corrected chi connectivity index (χ0v) is 13.5. The largest absolute Gasteiger partial charge is 0.481 e. The third-order valence-corrected chi connectivity index (χ3v) is 5.86. The van der Waals surface area contributed by atoms with Crippen molar-refractivity contribution in [3.05, 3.63) is 0 Å². The van der Waals surface area contributed by atoms with Gasteiger partial charge in [0.2, 0.25) is 0 Å². The van der Waals surface area contributed by atoms with Gasteiger partial charge in [-0.15, -0.1) is 0 Å². The molecular formula is C16H28N2O3. The summed E-state index contributed by atoms with van der Waals surface area (Å²) in [5.41, 5.74) is -0.312. The van der Waals surface area contributed by atoms with Crippen LogP contribution in [-0.4, -0.2) is 29.7 Å². The van der Waals surface area contributed by atoms with Gasteiger partial charge in [0.15, 0.2) is 0 Å². The first-order valence-electron chi connectivity index (χ1n) is 8.00. The molecule has 5 atom stereocenters. The number of hydrogen-bond donors (Lipinski definition) is 3. The molecule has 120 valence electrons. The third-order valence-electron chi connectivity index (χ3n) is 5.86. The molecule has 2 fully saturated rings. The highest BCUT2D eigenvalue weighted by Gasteiger charge is 2.46. The smallest absolute Gasteiger partial charge is 0.315 e. The second-order valence-electron chi connectivity index (χ2n) is 7.51. The monoisotopic (exact) mass is 296 g/mol. The minimum atomic E-state index is -0.725. The van der Waals surface area contributed by atoms with E-state index in [0.717, 1.165) is 18.9 Å². The van der Waals surface area contributed by atoms with E-state index >= 15 is 0 Å². The molecule has 2 aliphatic rings. The number of carboxylic acids is 1. The van der Waals surface area contributed by atoms with Crippen molar-refractivity contribution < 1.29 is 14.7 Å². The van der Waals surface area contributed by atoms with Crippen molar-refractivity contribution in [1.82, 2.24) is 10.6 Å². The van der Waals surface area contributed by atoms with Gasteiger partial charge in [-0.2, -0.15) is 0 Å². The number of urea groups is 1. The Kier molecular flexibility index (Phi) is 4.49. The fourth-order valence-corrected chi connectivity index (χ4v) is 3.57. The second kappa shape index (κ2) is 5.85. The van der Waals surface area contributed by atoms with Crippen molar-refractivity contribution in [3.63, 3.8) is 0 Å². The van der Waals surface area contributed by atoms with Crippen LogP contribution in [0.4, 0.5) is 4.79 Å². The summed E-state index contributed by atoms with van der Waals surface area (Å²) in [7, 11) is 0. The van der Waals surface area contributed by atoms with Crippen LogP contribution in [0.5, 0.6) is 0 Å². The summed E-state index contributed by atoms with van der Waals surface area (Å²) in [6.45, 7) is 8.97. The average molecular weight is 296 g/mol. The van der Waals surface area contributed by atoms with Crippen LogP contribution in [-0.2, 0) is 4.79 Å². The predicted molar refractivity (Wildman–Crippen MR) is 80.9 cm³/mol. The lowest BCUT2D eigenvalue weighted by molar-refractivity contribution is -0.150. The van der Waals surface area contributed by atoms with Crippen LogP contribution in [0, 0.1) is 29.1 Å². The molecule has 0 heterocycles. The fraction of sp³-hybridized carbons (Fsp3) is 0.875. The zero-order valence-electron chi connectivity index (χ0n) is 13.5. The van der Waals surface area contributed by atoms with Crippen molar-refractivity contribution in [2.45, 2.75) is 53.0 Å². The number of carbonyl (C=O) groups excluding carboxylic acids is 1. The molecule has 2 saturated carbocycles. The fourth-order valence-electron chi connectivity index (χ4n) is 3.57. The molecule has 5 nitrogen and oxygen atoms in total. The normalized spacial score (nSPS) is 37.6. The van der Waals surface area contributed by atoms with Crippen LogP contribution >= 0.6 is 0 Å². The molecule has 0 spiro atoms. The van der Waals surface area contributed by atoms with Crippen LogP contribution in [0.3, 0.4) is 0 Å². The van der Waals surface area contributed by atoms with E-state index in [1.165, 1.54) is 6.42 Å². The molecule has 0 bridgehead atoms. The van der Waals surface area contributed by atoms with Gasteiger partial charge in [0, 0.05) is 12.6 Å². The van der Waals surface area contributed by atoms with E-state index in [1.807, 2.05) is 20.8 Å². The minimum Gasteiger partial charge on any atom is -0.481 e. The number of hydrogen-bond acceptors (Lipinski definition) is 2. The molecule has 0 aromatic rings. The van der Waals surface area contributed by atoms with Gasteiger partial charge in [-0.1, -0.05) is 27.7 Å². The summed E-state index contributed by atoms with van der Waals surface area (Å²) in [5, 5.41) is 15.3. The Labute approximate surface area is 126 Å². The molecule has 5 heteroatoms. The summed E-state index contributed by atoms with van der Waals surface area (Å²) < 4.78 is 0. The number of amides is 2. The lowest BCUT2D eigenvalue weighted by Crippen LogP contribution is -2.54. The molecule has 0 aromatic carbocycles. The Morgan fingerprint density at radius 2 is 1.86 bits per heavy atom. The van der Waals surface area contributed by atoms with Crippen LogP contribution in [0.25, 0.3) is 0 Å². The molecule has 21 heavy (non-hydrogen) atoms. The topological polar surface area (TPSA) is 78.4 Å². The van der Waals surface area contributed by atoms with Crippen molar-refractivity contribution in [2.24, 2.45) is 29.1 Å². The van der Waals surface area contributed by atoms with Gasteiger partial charge in [-0.3, -0.25) is 4.79 Å². The van der Waals surface area contributed by atoms with Crippen molar-refractivity contribution >= 4 is 12.0 Å². The number of rotatable bonds is 4. The lowest BCUT2D eigenvalue weighted by atomic mass is 9.61. The van der Waals surface area contributed by atoms with E-state index in [0.29, 0.717) is 12.3 Å². The first-order valence-corrected chi connectivity index (χ1v) is 8.00. The van der Waals surface area contributed by atoms with Crippen molar-refractivity contribution in [3.8, 4) is 0 Å². The van der Waals surface area contributed by atoms with E-state index in [1.54, 1.807) is 0 Å². The molecule has 0 aromatic heterocycles. The zero-order chi connectivity index (χ0) is 15.8. The molecule has 2 aliphatic carbocycles.